The highest BCUT2D eigenvalue weighted by Gasteiger charge is 2.36. The smallest absolute Gasteiger partial charge is 0.136 e. The normalized spacial score (nSPS) is 11.9. The molecule has 0 radical (unpaired) electrons. The van der Waals surface area contributed by atoms with Gasteiger partial charge in [0.15, 0.2) is 0 Å². The fourth-order valence-electron chi connectivity index (χ4n) is 2.72. The van der Waals surface area contributed by atoms with E-state index in [4.69, 9.17) is 4.52 Å². The first-order valence-corrected chi connectivity index (χ1v) is 8.71. The summed E-state index contributed by atoms with van der Waals surface area (Å²) < 4.78 is 17.0. The monoisotopic (exact) mass is 295 g/mol. The van der Waals surface area contributed by atoms with Gasteiger partial charge in [-0.05, 0) is 23.0 Å². The quantitative estimate of drug-likeness (QED) is 0.370. The third kappa shape index (κ3) is 5.34. The van der Waals surface area contributed by atoms with Crippen molar-refractivity contribution in [3.8, 4) is 0 Å². The summed E-state index contributed by atoms with van der Waals surface area (Å²) in [7, 11) is -0.691. The van der Waals surface area contributed by atoms with Crippen LogP contribution in [0.2, 0.25) is 0 Å². The van der Waals surface area contributed by atoms with Gasteiger partial charge in [-0.3, -0.25) is 0 Å². The van der Waals surface area contributed by atoms with Crippen molar-refractivity contribution in [1.82, 2.24) is 0 Å². The van der Waals surface area contributed by atoms with E-state index in [0.29, 0.717) is 0 Å². The molecule has 20 heavy (non-hydrogen) atoms. The predicted molar refractivity (Wildman–Crippen MR) is 86.5 cm³/mol. The van der Waals surface area contributed by atoms with E-state index >= 15 is 0 Å². The highest BCUT2D eigenvalue weighted by molar-refractivity contribution is 7.17. The second-order valence-corrected chi connectivity index (χ2v) is 5.83. The molecule has 0 heterocycles. The average molecular weight is 295 g/mol. The molecule has 1 aromatic carbocycles. The Balaban J connectivity index is 2.89. The number of hydrogen-bond donors (Lipinski definition) is 0. The van der Waals surface area contributed by atoms with Crippen molar-refractivity contribution < 1.29 is 9.09 Å². The van der Waals surface area contributed by atoms with Crippen LogP contribution in [0.5, 0.6) is 0 Å². The van der Waals surface area contributed by atoms with Crippen LogP contribution in [0.1, 0.15) is 70.8 Å². The molecular formula is C17H28O2P+. The zero-order valence-electron chi connectivity index (χ0n) is 12.9. The molecule has 1 rings (SSSR count). The van der Waals surface area contributed by atoms with Gasteiger partial charge in [0.05, 0.1) is 0 Å². The van der Waals surface area contributed by atoms with Crippen LogP contribution in [0.25, 0.3) is 0 Å². The van der Waals surface area contributed by atoms with Crippen molar-refractivity contribution in [3.05, 3.63) is 35.9 Å². The molecule has 0 spiro atoms. The molecular weight excluding hydrogens is 267 g/mol. The first-order chi connectivity index (χ1) is 9.79. The summed E-state index contributed by atoms with van der Waals surface area (Å²) in [6.07, 6.45) is 8.97. The van der Waals surface area contributed by atoms with Gasteiger partial charge in [0.2, 0.25) is 0 Å². The van der Waals surface area contributed by atoms with Crippen LogP contribution in [-0.4, -0.2) is 0 Å². The summed E-state index contributed by atoms with van der Waals surface area (Å²) in [5.41, 5.74) is 0.821. The Bertz CT molecular complexity index is 355. The molecule has 0 amide bonds. The maximum Gasteiger partial charge on any atom is 0.495 e. The van der Waals surface area contributed by atoms with Crippen molar-refractivity contribution in [1.29, 1.82) is 0 Å². The lowest BCUT2D eigenvalue weighted by molar-refractivity contribution is 0.0560. The van der Waals surface area contributed by atoms with E-state index < -0.39 is 8.69 Å². The van der Waals surface area contributed by atoms with E-state index in [1.165, 1.54) is 31.2 Å². The Morgan fingerprint density at radius 3 is 1.95 bits per heavy atom. The van der Waals surface area contributed by atoms with Crippen molar-refractivity contribution in [2.75, 3.05) is 0 Å². The van der Waals surface area contributed by atoms with E-state index in [2.05, 4.69) is 26.0 Å². The molecule has 2 nitrogen and oxygen atoms in total. The van der Waals surface area contributed by atoms with Gasteiger partial charge in [-0.2, -0.15) is 0 Å². The minimum absolute atomic E-state index is 0.355. The molecule has 112 valence electrons. The minimum Gasteiger partial charge on any atom is -0.136 e. The SMILES string of the molecule is CCCCCC(CCCCC)(O[PH+]=O)c1ccccc1. The molecule has 0 bridgehead atoms. The van der Waals surface area contributed by atoms with Crippen molar-refractivity contribution >= 4 is 8.69 Å². The van der Waals surface area contributed by atoms with E-state index in [1.54, 1.807) is 0 Å². The number of hydrogen-bond acceptors (Lipinski definition) is 2. The fraction of sp³-hybridized carbons (Fsp3) is 0.647. The summed E-state index contributed by atoms with van der Waals surface area (Å²) in [6.45, 7) is 4.41. The van der Waals surface area contributed by atoms with Gasteiger partial charge in [0.1, 0.15) is 5.60 Å². The molecule has 0 saturated carbocycles. The molecule has 1 atom stereocenters. The molecule has 1 unspecified atom stereocenters. The van der Waals surface area contributed by atoms with Crippen molar-refractivity contribution in [2.45, 2.75) is 70.8 Å². The van der Waals surface area contributed by atoms with E-state index in [-0.39, 0.29) is 5.60 Å². The Labute approximate surface area is 125 Å². The van der Waals surface area contributed by atoms with E-state index in [0.717, 1.165) is 25.7 Å². The Morgan fingerprint density at radius 1 is 0.950 bits per heavy atom. The zero-order valence-corrected chi connectivity index (χ0v) is 13.9. The van der Waals surface area contributed by atoms with Crippen LogP contribution in [0, 0.1) is 0 Å². The summed E-state index contributed by atoms with van der Waals surface area (Å²) in [5, 5.41) is 0. The second-order valence-electron chi connectivity index (χ2n) is 5.46. The third-order valence-corrected chi connectivity index (χ3v) is 4.38. The Kier molecular flexibility index (Phi) is 8.73. The number of benzene rings is 1. The molecule has 0 aliphatic heterocycles. The van der Waals surface area contributed by atoms with Gasteiger partial charge >= 0.3 is 8.69 Å². The standard InChI is InChI=1S/C17H28O2P/c1-3-5-10-14-17(19-20-18,15-11-6-4-2)16-12-8-7-9-13-16/h7-9,12-13,20H,3-6,10-11,14-15H2,1-2H3/q+1. The Hall–Kier alpha value is -0.720. The maximum atomic E-state index is 11.2. The van der Waals surface area contributed by atoms with Crippen LogP contribution in [0.3, 0.4) is 0 Å². The van der Waals surface area contributed by atoms with Gasteiger partial charge in [0.25, 0.3) is 0 Å². The lowest BCUT2D eigenvalue weighted by atomic mass is 9.84. The topological polar surface area (TPSA) is 26.3 Å². The molecule has 1 aromatic rings. The van der Waals surface area contributed by atoms with Crippen molar-refractivity contribution in [2.24, 2.45) is 0 Å². The highest BCUT2D eigenvalue weighted by atomic mass is 31.1. The molecule has 0 fully saturated rings. The van der Waals surface area contributed by atoms with Crippen LogP contribution < -0.4 is 0 Å². The number of unbranched alkanes of at least 4 members (excludes halogenated alkanes) is 4. The predicted octanol–water partition coefficient (Wildman–Crippen LogP) is 6.00. The highest BCUT2D eigenvalue weighted by Crippen LogP contribution is 2.39. The second kappa shape index (κ2) is 10.1. The molecule has 0 aliphatic carbocycles. The van der Waals surface area contributed by atoms with Crippen molar-refractivity contribution in [3.63, 3.8) is 0 Å². The summed E-state index contributed by atoms with van der Waals surface area (Å²) >= 11 is 0. The maximum absolute atomic E-state index is 11.2. The Morgan fingerprint density at radius 2 is 1.50 bits per heavy atom. The zero-order chi connectivity index (χ0) is 14.7. The molecule has 3 heteroatoms. The lowest BCUT2D eigenvalue weighted by Gasteiger charge is -2.28. The molecule has 0 saturated heterocycles. The van der Waals surface area contributed by atoms with Crippen LogP contribution in [0.15, 0.2) is 30.3 Å². The number of rotatable bonds is 11. The van der Waals surface area contributed by atoms with Gasteiger partial charge in [-0.15, -0.1) is 4.52 Å². The van der Waals surface area contributed by atoms with Crippen LogP contribution in [-0.2, 0) is 14.7 Å². The molecule has 0 aliphatic rings. The average Bonchev–Trinajstić information content (AvgIpc) is 2.48. The van der Waals surface area contributed by atoms with Crippen LogP contribution in [0.4, 0.5) is 0 Å². The van der Waals surface area contributed by atoms with Gasteiger partial charge in [-0.25, -0.2) is 0 Å². The molecule has 0 N–H and O–H groups in total. The summed E-state index contributed by atoms with van der Waals surface area (Å²) in [6, 6.07) is 10.3. The van der Waals surface area contributed by atoms with Crippen LogP contribution >= 0.6 is 8.69 Å². The summed E-state index contributed by atoms with van der Waals surface area (Å²) in [5.74, 6) is 0. The van der Waals surface area contributed by atoms with Gasteiger partial charge in [-0.1, -0.05) is 82.7 Å². The minimum atomic E-state index is -0.691. The van der Waals surface area contributed by atoms with Gasteiger partial charge in [0, 0.05) is 0 Å². The fourth-order valence-corrected chi connectivity index (χ4v) is 3.20. The first-order valence-electron chi connectivity index (χ1n) is 7.89. The first kappa shape index (κ1) is 17.3. The van der Waals surface area contributed by atoms with E-state index in [9.17, 15) is 4.57 Å². The third-order valence-electron chi connectivity index (χ3n) is 3.91. The lowest BCUT2D eigenvalue weighted by Crippen LogP contribution is -2.27. The van der Waals surface area contributed by atoms with Gasteiger partial charge < -0.3 is 0 Å². The largest absolute Gasteiger partial charge is 0.495 e. The molecule has 0 aromatic heterocycles. The van der Waals surface area contributed by atoms with E-state index in [1.807, 2.05) is 18.2 Å². The summed E-state index contributed by atoms with van der Waals surface area (Å²) in [4.78, 5) is 0.